The Labute approximate surface area is 88.2 Å². The van der Waals surface area contributed by atoms with E-state index in [4.69, 9.17) is 5.26 Å². The van der Waals surface area contributed by atoms with Crippen LogP contribution in [0.1, 0.15) is 12.0 Å². The van der Waals surface area contributed by atoms with E-state index in [1.165, 1.54) is 6.20 Å². The van der Waals surface area contributed by atoms with Crippen molar-refractivity contribution in [1.29, 1.82) is 5.26 Å². The van der Waals surface area contributed by atoms with E-state index in [0.717, 1.165) is 18.8 Å². The Hall–Kier alpha value is -1.63. The van der Waals surface area contributed by atoms with Gasteiger partial charge in [-0.3, -0.25) is 0 Å². The van der Waals surface area contributed by atoms with Crippen molar-refractivity contribution < 1.29 is 4.39 Å². The lowest BCUT2D eigenvalue weighted by Gasteiger charge is -2.29. The summed E-state index contributed by atoms with van der Waals surface area (Å²) in [6, 6.07) is 5.47. The van der Waals surface area contributed by atoms with Crippen LogP contribution < -0.4 is 4.90 Å². The van der Waals surface area contributed by atoms with Gasteiger partial charge in [-0.15, -0.1) is 0 Å². The molecule has 0 saturated carbocycles. The normalized spacial score (nSPS) is 21.1. The summed E-state index contributed by atoms with van der Waals surface area (Å²) < 4.78 is 13.1. The molecule has 1 aromatic rings. The Balaban J connectivity index is 2.12. The summed E-state index contributed by atoms with van der Waals surface area (Å²) in [6.45, 7) is 1.15. The number of hydrogen-bond donors (Lipinski definition) is 0. The van der Waals surface area contributed by atoms with Crippen LogP contribution in [-0.2, 0) is 0 Å². The smallest absolute Gasteiger partial charge is 0.128 e. The fraction of sp³-hybridized carbons (Fsp3) is 0.364. The van der Waals surface area contributed by atoms with Crippen molar-refractivity contribution in [2.75, 3.05) is 18.0 Å². The number of nitriles is 1. The average molecular weight is 204 g/mol. The molecule has 2 heterocycles. The minimum Gasteiger partial charge on any atom is -0.354 e. The van der Waals surface area contributed by atoms with Crippen molar-refractivity contribution in [2.45, 2.75) is 12.6 Å². The van der Waals surface area contributed by atoms with Crippen LogP contribution >= 0.6 is 0 Å². The van der Waals surface area contributed by atoms with E-state index in [1.807, 2.05) is 11.0 Å². The topological polar surface area (TPSA) is 39.9 Å². The molecule has 1 radical (unpaired) electrons. The molecule has 3 nitrogen and oxygen atoms in total. The van der Waals surface area contributed by atoms with E-state index in [2.05, 4.69) is 4.98 Å². The Morgan fingerprint density at radius 2 is 2.40 bits per heavy atom. The lowest BCUT2D eigenvalue weighted by atomic mass is 10.1. The van der Waals surface area contributed by atoms with Crippen molar-refractivity contribution in [2.24, 2.45) is 0 Å². The second kappa shape index (κ2) is 4.26. The molecular weight excluding hydrogens is 193 g/mol. The van der Waals surface area contributed by atoms with Crippen molar-refractivity contribution in [3.05, 3.63) is 30.3 Å². The fourth-order valence-electron chi connectivity index (χ4n) is 1.63. The van der Waals surface area contributed by atoms with Gasteiger partial charge in [0.15, 0.2) is 0 Å². The van der Waals surface area contributed by atoms with Gasteiger partial charge in [0.25, 0.3) is 0 Å². The summed E-state index contributed by atoms with van der Waals surface area (Å²) in [7, 11) is 0. The third-order valence-electron chi connectivity index (χ3n) is 2.42. The highest BCUT2D eigenvalue weighted by molar-refractivity contribution is 5.42. The molecule has 0 spiro atoms. The summed E-state index contributed by atoms with van der Waals surface area (Å²) >= 11 is 0. The van der Waals surface area contributed by atoms with Gasteiger partial charge in [-0.1, -0.05) is 0 Å². The largest absolute Gasteiger partial charge is 0.354 e. The van der Waals surface area contributed by atoms with Gasteiger partial charge in [0, 0.05) is 12.7 Å². The number of alkyl halides is 1. The maximum atomic E-state index is 13.1. The minimum atomic E-state index is -0.879. The molecule has 1 aliphatic rings. The zero-order chi connectivity index (χ0) is 10.7. The summed E-state index contributed by atoms with van der Waals surface area (Å²) in [5.74, 6) is 0.741. The summed E-state index contributed by atoms with van der Waals surface area (Å²) in [4.78, 5) is 6.03. The van der Waals surface area contributed by atoms with Crippen molar-refractivity contribution >= 4 is 5.82 Å². The number of anilines is 1. The van der Waals surface area contributed by atoms with E-state index in [-0.39, 0.29) is 0 Å². The van der Waals surface area contributed by atoms with Gasteiger partial charge in [-0.2, -0.15) is 5.26 Å². The van der Waals surface area contributed by atoms with Gasteiger partial charge in [0.2, 0.25) is 0 Å². The van der Waals surface area contributed by atoms with E-state index in [1.54, 1.807) is 18.6 Å². The van der Waals surface area contributed by atoms with Crippen LogP contribution in [0.25, 0.3) is 0 Å². The molecular formula is C11H11FN3. The Morgan fingerprint density at radius 3 is 3.00 bits per heavy atom. The third-order valence-corrected chi connectivity index (χ3v) is 2.42. The molecule has 0 amide bonds. The minimum absolute atomic E-state index is 0.360. The molecule has 1 fully saturated rings. The quantitative estimate of drug-likeness (QED) is 0.699. The first kappa shape index (κ1) is 9.91. The second-order valence-electron chi connectivity index (χ2n) is 3.50. The molecule has 1 unspecified atom stereocenters. The van der Waals surface area contributed by atoms with Crippen LogP contribution in [0, 0.1) is 17.8 Å². The van der Waals surface area contributed by atoms with Gasteiger partial charge < -0.3 is 4.90 Å². The van der Waals surface area contributed by atoms with Crippen LogP contribution in [0.15, 0.2) is 18.3 Å². The average Bonchev–Trinajstić information content (AvgIpc) is 2.29. The molecule has 1 atom stereocenters. The van der Waals surface area contributed by atoms with Crippen LogP contribution in [0.5, 0.6) is 0 Å². The first-order valence-corrected chi connectivity index (χ1v) is 4.88. The maximum Gasteiger partial charge on any atom is 0.128 e. The summed E-state index contributed by atoms with van der Waals surface area (Å²) in [5.41, 5.74) is 0.527. The first-order chi connectivity index (χ1) is 7.29. The van der Waals surface area contributed by atoms with E-state index in [9.17, 15) is 4.39 Å². The second-order valence-corrected chi connectivity index (χ2v) is 3.50. The molecule has 15 heavy (non-hydrogen) atoms. The molecule has 1 aliphatic heterocycles. The fourth-order valence-corrected chi connectivity index (χ4v) is 1.63. The van der Waals surface area contributed by atoms with Crippen molar-refractivity contribution in [3.8, 4) is 6.07 Å². The van der Waals surface area contributed by atoms with Crippen LogP contribution in [-0.4, -0.2) is 24.2 Å². The number of hydrogen-bond acceptors (Lipinski definition) is 3. The molecule has 0 aromatic carbocycles. The molecule has 0 bridgehead atoms. The number of halogens is 1. The monoisotopic (exact) mass is 204 g/mol. The van der Waals surface area contributed by atoms with Crippen molar-refractivity contribution in [3.63, 3.8) is 0 Å². The summed E-state index contributed by atoms with van der Waals surface area (Å²) in [5, 5.41) is 8.61. The highest BCUT2D eigenvalue weighted by Crippen LogP contribution is 2.18. The molecule has 1 aromatic heterocycles. The van der Waals surface area contributed by atoms with Crippen LogP contribution in [0.3, 0.4) is 0 Å². The number of piperidine rings is 1. The number of pyridine rings is 1. The highest BCUT2D eigenvalue weighted by Gasteiger charge is 2.20. The molecule has 2 rings (SSSR count). The number of nitrogens with zero attached hydrogens (tertiary/aromatic N) is 3. The van der Waals surface area contributed by atoms with E-state index >= 15 is 0 Å². The van der Waals surface area contributed by atoms with Gasteiger partial charge in [-0.05, 0) is 25.0 Å². The molecule has 0 aliphatic carbocycles. The van der Waals surface area contributed by atoms with E-state index in [0.29, 0.717) is 12.1 Å². The Morgan fingerprint density at radius 1 is 1.53 bits per heavy atom. The Kier molecular flexibility index (Phi) is 2.82. The standard InChI is InChI=1S/C11H11FN3/c12-10-2-1-5-15(8-10)11-4-3-9(6-13)7-14-11/h2-4,7,10H,1,5,8H2. The number of aromatic nitrogens is 1. The van der Waals surface area contributed by atoms with Crippen LogP contribution in [0.4, 0.5) is 10.2 Å². The lowest BCUT2D eigenvalue weighted by molar-refractivity contribution is 0.347. The predicted octanol–water partition coefficient (Wildman–Crippen LogP) is 1.71. The van der Waals surface area contributed by atoms with Crippen LogP contribution in [0.2, 0.25) is 0 Å². The van der Waals surface area contributed by atoms with Gasteiger partial charge >= 0.3 is 0 Å². The maximum absolute atomic E-state index is 13.1. The zero-order valence-corrected chi connectivity index (χ0v) is 8.23. The molecule has 77 valence electrons. The third kappa shape index (κ3) is 2.24. The van der Waals surface area contributed by atoms with Gasteiger partial charge in [0.1, 0.15) is 18.1 Å². The van der Waals surface area contributed by atoms with Gasteiger partial charge in [-0.25, -0.2) is 9.37 Å². The zero-order valence-electron chi connectivity index (χ0n) is 8.23. The predicted molar refractivity (Wildman–Crippen MR) is 55.0 cm³/mol. The first-order valence-electron chi connectivity index (χ1n) is 4.88. The Bertz CT molecular complexity index is 368. The van der Waals surface area contributed by atoms with Gasteiger partial charge in [0.05, 0.1) is 12.1 Å². The number of rotatable bonds is 1. The molecule has 1 saturated heterocycles. The SMILES string of the molecule is N#Cc1ccc(N2CC[CH]C(F)C2)nc1. The lowest BCUT2D eigenvalue weighted by Crippen LogP contribution is -2.37. The van der Waals surface area contributed by atoms with E-state index < -0.39 is 6.17 Å². The summed E-state index contributed by atoms with van der Waals surface area (Å²) in [6.07, 6.45) is 3.06. The van der Waals surface area contributed by atoms with Crippen molar-refractivity contribution in [1.82, 2.24) is 4.98 Å². The molecule has 4 heteroatoms. The highest BCUT2D eigenvalue weighted by atomic mass is 19.1. The molecule has 0 N–H and O–H groups in total.